The Balaban J connectivity index is 1.31. The number of furan rings is 1. The van der Waals surface area contributed by atoms with Gasteiger partial charge in [0.2, 0.25) is 6.71 Å². The molecule has 5 heteroatoms. The minimum Gasteiger partial charge on any atom is -0.454 e. The van der Waals surface area contributed by atoms with Crippen molar-refractivity contribution in [3.8, 4) is 16.9 Å². The predicted molar refractivity (Wildman–Crippen MR) is 202 cm³/mol. The minimum atomic E-state index is -0.415. The molecule has 0 bridgehead atoms. The quantitative estimate of drug-likeness (QED) is 0.177. The Morgan fingerprint density at radius 3 is 2.20 bits per heavy atom. The molecule has 1 aliphatic carbocycles. The Morgan fingerprint density at radius 2 is 1.39 bits per heavy atom. The average Bonchev–Trinajstić information content (AvgIpc) is 3.53. The number of carbonyl (C=O) groups excluding carboxylic acids is 1. The average molecular weight is 638 g/mol. The first kappa shape index (κ1) is 28.7. The van der Waals surface area contributed by atoms with Crippen molar-refractivity contribution in [2.45, 2.75) is 52.4 Å². The number of nitrogens with zero attached hydrogens (tertiary/aromatic N) is 1. The Bertz CT molecular complexity index is 2590. The van der Waals surface area contributed by atoms with Crippen LogP contribution in [0.2, 0.25) is 0 Å². The highest BCUT2D eigenvalue weighted by atomic mass is 16.6. The Morgan fingerprint density at radius 1 is 0.653 bits per heavy atom. The Hall–Kier alpha value is -5.29. The fourth-order valence-corrected chi connectivity index (χ4v) is 9.33. The molecule has 7 aromatic rings. The van der Waals surface area contributed by atoms with Crippen molar-refractivity contribution in [3.05, 3.63) is 120 Å². The van der Waals surface area contributed by atoms with Gasteiger partial charge in [0.15, 0.2) is 5.58 Å². The summed E-state index contributed by atoms with van der Waals surface area (Å²) in [4.78, 5) is 16.0. The fourth-order valence-electron chi connectivity index (χ4n) is 9.33. The highest BCUT2D eigenvalue weighted by Gasteiger charge is 2.57. The number of rotatable bonds is 2. The van der Waals surface area contributed by atoms with Crippen molar-refractivity contribution >= 4 is 73.3 Å². The first-order chi connectivity index (χ1) is 23.5. The number of carbonyl (C=O) groups is 1. The zero-order valence-corrected chi connectivity index (χ0v) is 28.6. The van der Waals surface area contributed by atoms with Gasteiger partial charge >= 0.3 is 6.09 Å². The van der Waals surface area contributed by atoms with Crippen LogP contribution in [0.25, 0.3) is 43.8 Å². The van der Waals surface area contributed by atoms with Gasteiger partial charge in [-0.2, -0.15) is 0 Å². The van der Waals surface area contributed by atoms with Crippen LogP contribution < -0.4 is 26.0 Å². The number of anilines is 2. The molecule has 0 fully saturated rings. The van der Waals surface area contributed by atoms with E-state index in [0.29, 0.717) is 11.3 Å². The van der Waals surface area contributed by atoms with Crippen molar-refractivity contribution in [2.24, 2.45) is 5.41 Å². The molecular weight excluding hydrogens is 601 g/mol. The van der Waals surface area contributed by atoms with E-state index in [1.165, 1.54) is 16.6 Å². The van der Waals surface area contributed by atoms with Crippen LogP contribution in [0.5, 0.6) is 5.75 Å². The van der Waals surface area contributed by atoms with E-state index in [0.717, 1.165) is 60.6 Å². The van der Waals surface area contributed by atoms with E-state index in [4.69, 9.17) is 9.15 Å². The summed E-state index contributed by atoms with van der Waals surface area (Å²) in [5, 5.41) is 4.02. The van der Waals surface area contributed by atoms with Gasteiger partial charge < -0.3 is 9.15 Å². The lowest BCUT2D eigenvalue weighted by atomic mass is 9.34. The molecule has 0 saturated heterocycles. The van der Waals surface area contributed by atoms with E-state index in [9.17, 15) is 4.79 Å². The number of fused-ring (bicyclic) bond motifs is 7. The lowest BCUT2D eigenvalue weighted by Crippen LogP contribution is -2.59. The van der Waals surface area contributed by atoms with Gasteiger partial charge in [0.05, 0.1) is 11.4 Å². The van der Waals surface area contributed by atoms with Crippen LogP contribution in [0.4, 0.5) is 16.2 Å². The number of ether oxygens (including phenoxy) is 1. The van der Waals surface area contributed by atoms with Crippen LogP contribution in [0, 0.1) is 5.41 Å². The second-order valence-electron chi connectivity index (χ2n) is 15.7. The molecule has 3 heterocycles. The second kappa shape index (κ2) is 9.23. The van der Waals surface area contributed by atoms with Crippen molar-refractivity contribution in [1.29, 1.82) is 0 Å². The molecular formula is C44H36BNO3. The molecule has 2 aliphatic heterocycles. The summed E-state index contributed by atoms with van der Waals surface area (Å²) >= 11 is 0. The summed E-state index contributed by atoms with van der Waals surface area (Å²) in [5.74, 6) is 0.597. The highest BCUT2D eigenvalue weighted by Crippen LogP contribution is 2.61. The molecule has 238 valence electrons. The van der Waals surface area contributed by atoms with Crippen LogP contribution >= 0.6 is 0 Å². The smallest absolute Gasteiger partial charge is 0.424 e. The second-order valence-corrected chi connectivity index (χ2v) is 15.7. The van der Waals surface area contributed by atoms with Gasteiger partial charge in [0.25, 0.3) is 0 Å². The van der Waals surface area contributed by atoms with Gasteiger partial charge in [-0.1, -0.05) is 144 Å². The zero-order valence-electron chi connectivity index (χ0n) is 28.6. The molecule has 6 aromatic carbocycles. The van der Waals surface area contributed by atoms with Crippen LogP contribution in [-0.2, 0) is 10.8 Å². The zero-order chi connectivity index (χ0) is 33.6. The van der Waals surface area contributed by atoms with Gasteiger partial charge in [0, 0.05) is 16.2 Å². The molecule has 0 unspecified atom stereocenters. The Labute approximate surface area is 286 Å². The van der Waals surface area contributed by atoms with E-state index >= 15 is 0 Å². The van der Waals surface area contributed by atoms with E-state index in [-0.39, 0.29) is 23.0 Å². The van der Waals surface area contributed by atoms with Gasteiger partial charge in [0.1, 0.15) is 11.3 Å². The predicted octanol–water partition coefficient (Wildman–Crippen LogP) is 9.48. The van der Waals surface area contributed by atoms with Crippen molar-refractivity contribution < 1.29 is 13.9 Å². The highest BCUT2D eigenvalue weighted by molar-refractivity contribution is 6.98. The summed E-state index contributed by atoms with van der Waals surface area (Å²) in [6.45, 7) is 14.2. The molecule has 3 aliphatic rings. The van der Waals surface area contributed by atoms with Gasteiger partial charge in [-0.3, -0.25) is 0 Å². The first-order valence-electron chi connectivity index (χ1n) is 17.3. The largest absolute Gasteiger partial charge is 0.454 e. The van der Waals surface area contributed by atoms with E-state index in [2.05, 4.69) is 120 Å². The number of hydrogen-bond acceptors (Lipinski definition) is 3. The summed E-state index contributed by atoms with van der Waals surface area (Å²) in [6.07, 6.45) is -0.415. The molecule has 1 aromatic heterocycles. The molecule has 0 N–H and O–H groups in total. The first-order valence-corrected chi connectivity index (χ1v) is 17.3. The van der Waals surface area contributed by atoms with E-state index < -0.39 is 6.09 Å². The van der Waals surface area contributed by atoms with Crippen molar-refractivity contribution in [3.63, 3.8) is 0 Å². The molecule has 0 radical (unpaired) electrons. The monoisotopic (exact) mass is 637 g/mol. The maximum absolute atomic E-state index is 14.2. The standard InChI is InChI=1S/C44H36BNO3/c1-42(2)30-21-19-27(24-31(30)43(3,4)44(42,5)6)45-32-22-18-26-14-10-16-34-36(26)38(32)46(41(47)49-34)39-33(45)23-20-29-37-28(25-12-8-7-9-13-25)15-11-17-35(37)48-40(29)39/h7-24H,1-6H3. The fraction of sp³-hybridized carbons (Fsp3) is 0.205. The third-order valence-electron chi connectivity index (χ3n) is 13.1. The SMILES string of the molecule is CC1(C)c2ccc(B3c4ccc5c(oc6cccc(-c7ccccc7)c65)c4N4C(=O)Oc5cccc6ccc3c4c56)cc2C(C)(C)C1(C)C. The molecule has 49 heavy (non-hydrogen) atoms. The molecule has 10 rings (SSSR count). The molecule has 0 spiro atoms. The maximum atomic E-state index is 14.2. The summed E-state index contributed by atoms with van der Waals surface area (Å²) in [6, 6.07) is 38.5. The van der Waals surface area contributed by atoms with Crippen LogP contribution in [0.1, 0.15) is 52.7 Å². The lowest BCUT2D eigenvalue weighted by Gasteiger charge is -2.44. The van der Waals surface area contributed by atoms with Gasteiger partial charge in [-0.25, -0.2) is 9.69 Å². The lowest BCUT2D eigenvalue weighted by molar-refractivity contribution is 0.125. The van der Waals surface area contributed by atoms with Crippen LogP contribution in [-0.4, -0.2) is 12.8 Å². The maximum Gasteiger partial charge on any atom is 0.424 e. The van der Waals surface area contributed by atoms with Crippen molar-refractivity contribution in [2.75, 3.05) is 4.90 Å². The Kier molecular flexibility index (Phi) is 5.41. The number of hydrogen-bond donors (Lipinski definition) is 0. The van der Waals surface area contributed by atoms with E-state index in [1.54, 1.807) is 4.90 Å². The molecule has 1 amide bonds. The number of benzene rings is 6. The molecule has 4 nitrogen and oxygen atoms in total. The summed E-state index contributed by atoms with van der Waals surface area (Å²) in [7, 11) is 0. The summed E-state index contributed by atoms with van der Waals surface area (Å²) in [5.41, 5.74) is 11.5. The van der Waals surface area contributed by atoms with Crippen molar-refractivity contribution in [1.82, 2.24) is 0 Å². The van der Waals surface area contributed by atoms with E-state index in [1.807, 2.05) is 30.3 Å². The topological polar surface area (TPSA) is 42.7 Å². The van der Waals surface area contributed by atoms with Crippen LogP contribution in [0.15, 0.2) is 114 Å². The van der Waals surface area contributed by atoms with Gasteiger partial charge in [-0.05, 0) is 66.9 Å². The molecule has 0 atom stereocenters. The minimum absolute atomic E-state index is 0.0101. The normalized spacial score (nSPS) is 17.8. The molecule has 0 saturated carbocycles. The third kappa shape index (κ3) is 3.43. The van der Waals surface area contributed by atoms with Gasteiger partial charge in [-0.15, -0.1) is 0 Å². The summed E-state index contributed by atoms with van der Waals surface area (Å²) < 4.78 is 12.9. The number of amides is 1. The third-order valence-corrected chi connectivity index (χ3v) is 13.1. The van der Waals surface area contributed by atoms with Crippen LogP contribution in [0.3, 0.4) is 0 Å².